The molecule has 1 N–H and O–H groups in total. The van der Waals surface area contributed by atoms with E-state index in [1.165, 1.54) is 0 Å². The largest absolute Gasteiger partial charge is 0.508 e. The summed E-state index contributed by atoms with van der Waals surface area (Å²) < 4.78 is 0. The Kier molecular flexibility index (Phi) is 3.48. The first kappa shape index (κ1) is 12.1. The summed E-state index contributed by atoms with van der Waals surface area (Å²) in [4.78, 5) is 13.8. The average Bonchev–Trinajstić information content (AvgIpc) is 2.53. The van der Waals surface area contributed by atoms with Gasteiger partial charge in [0.2, 0.25) is 0 Å². The van der Waals surface area contributed by atoms with E-state index >= 15 is 0 Å². The fraction of sp³-hybridized carbons (Fsp3) is 0.500. The fourth-order valence-electron chi connectivity index (χ4n) is 2.56. The first-order valence-corrected chi connectivity index (χ1v) is 6.11. The first-order chi connectivity index (χ1) is 8.16. The summed E-state index contributed by atoms with van der Waals surface area (Å²) in [5.41, 5.74) is 0.666. The van der Waals surface area contributed by atoms with Crippen LogP contribution in [-0.4, -0.2) is 36.4 Å². The number of phenolic OH excluding ortho intramolecular Hbond substituents is 1. The third-order valence-electron chi connectivity index (χ3n) is 3.77. The van der Waals surface area contributed by atoms with Crippen LogP contribution in [0.5, 0.6) is 5.75 Å². The molecule has 1 unspecified atom stereocenters. The number of aldehydes is 1. The summed E-state index contributed by atoms with van der Waals surface area (Å²) in [6.45, 7) is 1.99. The minimum Gasteiger partial charge on any atom is -0.508 e. The van der Waals surface area contributed by atoms with Crippen LogP contribution in [0, 0.1) is 0 Å². The molecule has 1 atom stereocenters. The minimum absolute atomic E-state index is 0.250. The van der Waals surface area contributed by atoms with Crippen LogP contribution in [0.2, 0.25) is 0 Å². The summed E-state index contributed by atoms with van der Waals surface area (Å²) in [5.74, 6) is 0.250. The number of rotatable bonds is 2. The monoisotopic (exact) mass is 233 g/mol. The van der Waals surface area contributed by atoms with E-state index in [9.17, 15) is 9.90 Å². The number of benzene rings is 1. The second-order valence-electron chi connectivity index (χ2n) is 4.98. The lowest BCUT2D eigenvalue weighted by molar-refractivity contribution is -0.113. The molecule has 0 aromatic heterocycles. The number of carbonyl (C=O) groups excluding carboxylic acids is 1. The average molecular weight is 233 g/mol. The van der Waals surface area contributed by atoms with Gasteiger partial charge >= 0.3 is 0 Å². The number of carbonyl (C=O) groups is 1. The molecule has 1 aromatic carbocycles. The van der Waals surface area contributed by atoms with Crippen LogP contribution in [-0.2, 0) is 10.2 Å². The molecule has 0 radical (unpaired) electrons. The third kappa shape index (κ3) is 2.50. The van der Waals surface area contributed by atoms with Crippen LogP contribution in [0.4, 0.5) is 0 Å². The molecular formula is C14H19NO2. The molecule has 2 rings (SSSR count). The molecular weight excluding hydrogens is 214 g/mol. The fourth-order valence-corrected chi connectivity index (χ4v) is 2.56. The van der Waals surface area contributed by atoms with Gasteiger partial charge in [0.05, 0.1) is 5.41 Å². The van der Waals surface area contributed by atoms with Gasteiger partial charge in [0.1, 0.15) is 12.0 Å². The number of nitrogens with zero attached hydrogens (tertiary/aromatic N) is 1. The van der Waals surface area contributed by atoms with Crippen LogP contribution in [0.1, 0.15) is 24.8 Å². The van der Waals surface area contributed by atoms with Crippen molar-refractivity contribution < 1.29 is 9.90 Å². The van der Waals surface area contributed by atoms with E-state index in [0.717, 1.165) is 44.2 Å². The molecule has 1 saturated heterocycles. The number of phenols is 1. The van der Waals surface area contributed by atoms with Crippen molar-refractivity contribution in [1.29, 1.82) is 0 Å². The normalized spacial score (nSPS) is 26.4. The molecule has 17 heavy (non-hydrogen) atoms. The third-order valence-corrected chi connectivity index (χ3v) is 3.77. The Hall–Kier alpha value is -1.35. The van der Waals surface area contributed by atoms with Gasteiger partial charge in [0, 0.05) is 0 Å². The maximum absolute atomic E-state index is 11.5. The molecule has 3 heteroatoms. The van der Waals surface area contributed by atoms with Crippen molar-refractivity contribution in [3.8, 4) is 5.75 Å². The predicted octanol–water partition coefficient (Wildman–Crippen LogP) is 1.94. The van der Waals surface area contributed by atoms with Gasteiger partial charge in [-0.2, -0.15) is 0 Å². The molecule has 92 valence electrons. The summed E-state index contributed by atoms with van der Waals surface area (Å²) in [7, 11) is 2.09. The summed E-state index contributed by atoms with van der Waals surface area (Å²) >= 11 is 0. The van der Waals surface area contributed by atoms with Crippen molar-refractivity contribution in [3.05, 3.63) is 29.8 Å². The van der Waals surface area contributed by atoms with Crippen LogP contribution in [0.15, 0.2) is 24.3 Å². The Labute approximate surface area is 102 Å². The van der Waals surface area contributed by atoms with E-state index in [1.54, 1.807) is 12.1 Å². The molecule has 1 heterocycles. The number of likely N-dealkylation sites (tertiary alicyclic amines) is 1. The molecule has 0 amide bonds. The molecule has 0 saturated carbocycles. The number of aromatic hydroxyl groups is 1. The van der Waals surface area contributed by atoms with E-state index in [2.05, 4.69) is 11.9 Å². The van der Waals surface area contributed by atoms with Gasteiger partial charge in [0.15, 0.2) is 0 Å². The van der Waals surface area contributed by atoms with E-state index in [4.69, 9.17) is 0 Å². The lowest BCUT2D eigenvalue weighted by Gasteiger charge is -2.27. The Morgan fingerprint density at radius 3 is 2.59 bits per heavy atom. The van der Waals surface area contributed by atoms with Crippen LogP contribution in [0.25, 0.3) is 0 Å². The van der Waals surface area contributed by atoms with Gasteiger partial charge in [-0.1, -0.05) is 12.1 Å². The number of hydrogen-bond donors (Lipinski definition) is 1. The second-order valence-corrected chi connectivity index (χ2v) is 4.98. The maximum atomic E-state index is 11.5. The van der Waals surface area contributed by atoms with E-state index in [1.807, 2.05) is 12.1 Å². The van der Waals surface area contributed by atoms with Crippen molar-refractivity contribution in [2.45, 2.75) is 24.7 Å². The van der Waals surface area contributed by atoms with Crippen molar-refractivity contribution in [3.63, 3.8) is 0 Å². The molecule has 0 spiro atoms. The zero-order chi connectivity index (χ0) is 12.3. The van der Waals surface area contributed by atoms with Gasteiger partial charge in [-0.3, -0.25) is 0 Å². The topological polar surface area (TPSA) is 40.5 Å². The highest BCUT2D eigenvalue weighted by Crippen LogP contribution is 2.34. The highest BCUT2D eigenvalue weighted by Gasteiger charge is 2.33. The van der Waals surface area contributed by atoms with Crippen molar-refractivity contribution in [2.75, 3.05) is 20.1 Å². The highest BCUT2D eigenvalue weighted by atomic mass is 16.3. The van der Waals surface area contributed by atoms with E-state index in [-0.39, 0.29) is 11.2 Å². The van der Waals surface area contributed by atoms with Gasteiger partial charge in [-0.25, -0.2) is 0 Å². The summed E-state index contributed by atoms with van der Waals surface area (Å²) in [6, 6.07) is 7.06. The van der Waals surface area contributed by atoms with Crippen molar-refractivity contribution >= 4 is 6.29 Å². The quantitative estimate of drug-likeness (QED) is 0.794. The lowest BCUT2D eigenvalue weighted by atomic mass is 9.76. The Balaban J connectivity index is 2.29. The highest BCUT2D eigenvalue weighted by molar-refractivity contribution is 5.69. The smallest absolute Gasteiger partial charge is 0.130 e. The van der Waals surface area contributed by atoms with E-state index in [0.29, 0.717) is 0 Å². The molecule has 0 aliphatic carbocycles. The second kappa shape index (κ2) is 4.88. The zero-order valence-electron chi connectivity index (χ0n) is 10.2. The zero-order valence-corrected chi connectivity index (χ0v) is 10.2. The Morgan fingerprint density at radius 2 is 1.94 bits per heavy atom. The lowest BCUT2D eigenvalue weighted by Crippen LogP contribution is -2.29. The predicted molar refractivity (Wildman–Crippen MR) is 67.2 cm³/mol. The van der Waals surface area contributed by atoms with Crippen LogP contribution in [0.3, 0.4) is 0 Å². The van der Waals surface area contributed by atoms with Crippen molar-refractivity contribution in [2.24, 2.45) is 0 Å². The van der Waals surface area contributed by atoms with Crippen LogP contribution >= 0.6 is 0 Å². The van der Waals surface area contributed by atoms with Gasteiger partial charge in [0.25, 0.3) is 0 Å². The first-order valence-electron chi connectivity index (χ1n) is 6.11. The van der Waals surface area contributed by atoms with E-state index < -0.39 is 0 Å². The molecule has 1 aliphatic heterocycles. The summed E-state index contributed by atoms with van der Waals surface area (Å²) in [6.07, 6.45) is 3.89. The van der Waals surface area contributed by atoms with Crippen LogP contribution < -0.4 is 0 Å². The molecule has 1 aromatic rings. The Morgan fingerprint density at radius 1 is 1.24 bits per heavy atom. The minimum atomic E-state index is -0.363. The van der Waals surface area contributed by atoms with Crippen molar-refractivity contribution in [1.82, 2.24) is 4.90 Å². The van der Waals surface area contributed by atoms with Gasteiger partial charge < -0.3 is 14.8 Å². The molecule has 0 bridgehead atoms. The maximum Gasteiger partial charge on any atom is 0.130 e. The van der Waals surface area contributed by atoms with Gasteiger partial charge in [-0.05, 0) is 57.1 Å². The molecule has 3 nitrogen and oxygen atoms in total. The summed E-state index contributed by atoms with van der Waals surface area (Å²) in [5, 5.41) is 9.31. The standard InChI is InChI=1S/C14H19NO2/c1-15-9-2-7-14(11-16,8-10-15)12-3-5-13(17)6-4-12/h3-6,11,17H,2,7-10H2,1H3. The van der Waals surface area contributed by atoms with Gasteiger partial charge in [-0.15, -0.1) is 0 Å². The number of hydrogen-bond acceptors (Lipinski definition) is 3. The molecule has 1 aliphatic rings. The Bertz CT molecular complexity index is 388. The SMILES string of the molecule is CN1CCCC(C=O)(c2ccc(O)cc2)CC1. The molecule has 1 fully saturated rings.